The molecule has 1 amide bonds. The molecule has 0 aliphatic heterocycles. The van der Waals surface area contributed by atoms with Crippen molar-refractivity contribution < 1.29 is 14.0 Å². The number of carbonyl (C=O) groups is 2. The normalized spacial score (nSPS) is 11.2. The van der Waals surface area contributed by atoms with Crippen molar-refractivity contribution in [3.63, 3.8) is 0 Å². The number of nitrogens with zero attached hydrogens (tertiary/aromatic N) is 2. The third-order valence-electron chi connectivity index (χ3n) is 2.44. The van der Waals surface area contributed by atoms with Crippen LogP contribution in [0.15, 0.2) is 12.3 Å². The second kappa shape index (κ2) is 5.25. The van der Waals surface area contributed by atoms with E-state index in [1.807, 2.05) is 0 Å². The Morgan fingerprint density at radius 2 is 2.11 bits per heavy atom. The molecule has 0 saturated heterocycles. The van der Waals surface area contributed by atoms with E-state index in [2.05, 4.69) is 4.98 Å². The van der Waals surface area contributed by atoms with Gasteiger partial charge in [-0.3, -0.25) is 14.5 Å². The number of hydrogen-bond donors (Lipinski definition) is 0. The topological polar surface area (TPSA) is 50.3 Å². The summed E-state index contributed by atoms with van der Waals surface area (Å²) in [6, 6.07) is 1.08. The highest BCUT2D eigenvalue weighted by molar-refractivity contribution is 5.96. The number of anilines is 1. The van der Waals surface area contributed by atoms with Crippen LogP contribution in [0.3, 0.4) is 0 Å². The molecule has 1 aromatic rings. The van der Waals surface area contributed by atoms with E-state index in [9.17, 15) is 14.0 Å². The largest absolute Gasteiger partial charge is 0.298 e. The van der Waals surface area contributed by atoms with Gasteiger partial charge in [-0.15, -0.1) is 0 Å². The van der Waals surface area contributed by atoms with E-state index in [0.717, 1.165) is 6.07 Å². The van der Waals surface area contributed by atoms with Crippen LogP contribution < -0.4 is 4.90 Å². The van der Waals surface area contributed by atoms with E-state index in [4.69, 9.17) is 0 Å². The molecule has 0 unspecified atom stereocenters. The Balaban J connectivity index is 3.18. The lowest BCUT2D eigenvalue weighted by Crippen LogP contribution is -2.40. The molecule has 1 rings (SSSR count). The average Bonchev–Trinajstić information content (AvgIpc) is 2.30. The number of rotatable bonds is 3. The zero-order chi connectivity index (χ0) is 13.9. The monoisotopic (exact) mass is 252 g/mol. The van der Waals surface area contributed by atoms with Gasteiger partial charge >= 0.3 is 0 Å². The first-order valence-electron chi connectivity index (χ1n) is 5.74. The lowest BCUT2D eigenvalue weighted by Gasteiger charge is -2.27. The number of halogens is 1. The molecule has 0 aliphatic rings. The molecular weight excluding hydrogens is 235 g/mol. The zero-order valence-electron chi connectivity index (χ0n) is 11.0. The summed E-state index contributed by atoms with van der Waals surface area (Å²) in [7, 11) is 0. The van der Waals surface area contributed by atoms with Crippen molar-refractivity contribution in [1.82, 2.24) is 4.98 Å². The standard InChI is InChI=1S/C13H17FN2O2/c1-5-16(12(18)13(2,3)4)11-10(14)6-9(8-17)7-15-11/h6-8H,5H2,1-4H3. The molecule has 18 heavy (non-hydrogen) atoms. The molecule has 0 radical (unpaired) electrons. The van der Waals surface area contributed by atoms with Gasteiger partial charge in [0, 0.05) is 23.7 Å². The summed E-state index contributed by atoms with van der Waals surface area (Å²) >= 11 is 0. The summed E-state index contributed by atoms with van der Waals surface area (Å²) in [5.74, 6) is -0.919. The van der Waals surface area contributed by atoms with Crippen LogP contribution in [0.2, 0.25) is 0 Å². The van der Waals surface area contributed by atoms with Gasteiger partial charge in [0.1, 0.15) is 0 Å². The summed E-state index contributed by atoms with van der Waals surface area (Å²) in [5.41, 5.74) is -0.469. The average molecular weight is 252 g/mol. The van der Waals surface area contributed by atoms with Crippen LogP contribution in [-0.2, 0) is 4.79 Å². The minimum absolute atomic E-state index is 0.0389. The predicted molar refractivity (Wildman–Crippen MR) is 67.1 cm³/mol. The zero-order valence-corrected chi connectivity index (χ0v) is 11.0. The Bertz CT molecular complexity index is 467. The van der Waals surface area contributed by atoms with Crippen molar-refractivity contribution >= 4 is 18.0 Å². The molecule has 1 heterocycles. The second-order valence-electron chi connectivity index (χ2n) is 4.99. The van der Waals surface area contributed by atoms with Crippen molar-refractivity contribution in [2.45, 2.75) is 27.7 Å². The van der Waals surface area contributed by atoms with Gasteiger partial charge in [-0.1, -0.05) is 20.8 Å². The third kappa shape index (κ3) is 2.91. The molecule has 0 atom stereocenters. The molecule has 4 nitrogen and oxygen atoms in total. The first-order chi connectivity index (χ1) is 8.31. The highest BCUT2D eigenvalue weighted by Crippen LogP contribution is 2.23. The highest BCUT2D eigenvalue weighted by atomic mass is 19.1. The minimum Gasteiger partial charge on any atom is -0.298 e. The van der Waals surface area contributed by atoms with Crippen LogP contribution in [0.4, 0.5) is 10.2 Å². The number of aldehydes is 1. The third-order valence-corrected chi connectivity index (χ3v) is 2.44. The fourth-order valence-electron chi connectivity index (χ4n) is 1.50. The molecule has 0 bridgehead atoms. The first kappa shape index (κ1) is 14.3. The van der Waals surface area contributed by atoms with E-state index < -0.39 is 11.2 Å². The lowest BCUT2D eigenvalue weighted by atomic mass is 9.94. The van der Waals surface area contributed by atoms with E-state index in [0.29, 0.717) is 12.8 Å². The van der Waals surface area contributed by atoms with E-state index in [-0.39, 0.29) is 17.3 Å². The fourth-order valence-corrected chi connectivity index (χ4v) is 1.50. The van der Waals surface area contributed by atoms with Gasteiger partial charge < -0.3 is 0 Å². The van der Waals surface area contributed by atoms with Gasteiger partial charge in [-0.05, 0) is 13.0 Å². The molecule has 0 spiro atoms. The van der Waals surface area contributed by atoms with Gasteiger partial charge in [0.2, 0.25) is 5.91 Å². The van der Waals surface area contributed by atoms with Gasteiger partial charge in [-0.25, -0.2) is 9.37 Å². The van der Waals surface area contributed by atoms with Crippen molar-refractivity contribution in [2.75, 3.05) is 11.4 Å². The molecule has 0 aliphatic carbocycles. The molecule has 5 heteroatoms. The summed E-state index contributed by atoms with van der Waals surface area (Å²) in [4.78, 5) is 27.8. The van der Waals surface area contributed by atoms with E-state index in [1.54, 1.807) is 27.7 Å². The smallest absolute Gasteiger partial charge is 0.233 e. The molecule has 0 aromatic carbocycles. The van der Waals surface area contributed by atoms with Crippen LogP contribution in [0, 0.1) is 11.2 Å². The van der Waals surface area contributed by atoms with Gasteiger partial charge in [-0.2, -0.15) is 0 Å². The maximum Gasteiger partial charge on any atom is 0.233 e. The van der Waals surface area contributed by atoms with Crippen LogP contribution in [-0.4, -0.2) is 23.7 Å². The lowest BCUT2D eigenvalue weighted by molar-refractivity contribution is -0.125. The maximum absolute atomic E-state index is 13.8. The number of pyridine rings is 1. The van der Waals surface area contributed by atoms with Crippen LogP contribution >= 0.6 is 0 Å². The highest BCUT2D eigenvalue weighted by Gasteiger charge is 2.29. The van der Waals surface area contributed by atoms with Crippen LogP contribution in [0.25, 0.3) is 0 Å². The Kier molecular flexibility index (Phi) is 4.16. The Hall–Kier alpha value is -1.78. The van der Waals surface area contributed by atoms with Crippen LogP contribution in [0.1, 0.15) is 38.1 Å². The van der Waals surface area contributed by atoms with Crippen molar-refractivity contribution in [2.24, 2.45) is 5.41 Å². The Morgan fingerprint density at radius 1 is 1.50 bits per heavy atom. The number of hydrogen-bond acceptors (Lipinski definition) is 3. The van der Waals surface area contributed by atoms with E-state index >= 15 is 0 Å². The molecule has 98 valence electrons. The summed E-state index contributed by atoms with van der Waals surface area (Å²) in [6.45, 7) is 7.35. The predicted octanol–water partition coefficient (Wildman–Crippen LogP) is 2.43. The molecule has 0 saturated carbocycles. The van der Waals surface area contributed by atoms with Crippen molar-refractivity contribution in [3.8, 4) is 0 Å². The summed E-state index contributed by atoms with van der Waals surface area (Å²) in [5, 5.41) is 0. The number of aromatic nitrogens is 1. The molecular formula is C13H17FN2O2. The molecule has 0 N–H and O–H groups in total. The maximum atomic E-state index is 13.8. The number of amides is 1. The van der Waals surface area contributed by atoms with Gasteiger partial charge in [0.05, 0.1) is 0 Å². The van der Waals surface area contributed by atoms with Crippen molar-refractivity contribution in [1.29, 1.82) is 0 Å². The minimum atomic E-state index is -0.668. The van der Waals surface area contributed by atoms with E-state index in [1.165, 1.54) is 11.1 Å². The number of carbonyl (C=O) groups excluding carboxylic acids is 2. The summed E-state index contributed by atoms with van der Waals surface area (Å²) in [6.07, 6.45) is 1.77. The van der Waals surface area contributed by atoms with Crippen molar-refractivity contribution in [3.05, 3.63) is 23.6 Å². The quantitative estimate of drug-likeness (QED) is 0.776. The molecule has 1 aromatic heterocycles. The molecule has 0 fully saturated rings. The SMILES string of the molecule is CCN(C(=O)C(C)(C)C)c1ncc(C=O)cc1F. The fraction of sp³-hybridized carbons (Fsp3) is 0.462. The Labute approximate surface area is 106 Å². The van der Waals surface area contributed by atoms with Gasteiger partial charge in [0.25, 0.3) is 0 Å². The Morgan fingerprint density at radius 3 is 2.50 bits per heavy atom. The first-order valence-corrected chi connectivity index (χ1v) is 5.74. The van der Waals surface area contributed by atoms with Crippen LogP contribution in [0.5, 0.6) is 0 Å². The summed E-state index contributed by atoms with van der Waals surface area (Å²) < 4.78 is 13.8. The second-order valence-corrected chi connectivity index (χ2v) is 4.99. The van der Waals surface area contributed by atoms with Gasteiger partial charge in [0.15, 0.2) is 17.9 Å².